The molecule has 0 saturated carbocycles. The van der Waals surface area contributed by atoms with Crippen molar-refractivity contribution in [3.63, 3.8) is 0 Å². The van der Waals surface area contributed by atoms with Crippen molar-refractivity contribution >= 4 is 0 Å². The molecule has 0 fully saturated rings. The van der Waals surface area contributed by atoms with E-state index in [2.05, 4.69) is 56.1 Å². The van der Waals surface area contributed by atoms with Gasteiger partial charge < -0.3 is 8.97 Å². The number of quaternary nitrogens is 2. The second kappa shape index (κ2) is 5.28. The zero-order chi connectivity index (χ0) is 12.3. The third-order valence-electron chi connectivity index (χ3n) is 2.74. The first-order valence-electron chi connectivity index (χ1n) is 5.90. The Labute approximate surface area is 95.8 Å². The highest BCUT2D eigenvalue weighted by Crippen LogP contribution is 2.17. The summed E-state index contributed by atoms with van der Waals surface area (Å²) < 4.78 is 7.96. The van der Waals surface area contributed by atoms with Gasteiger partial charge in [-0.2, -0.15) is 0 Å². The van der Waals surface area contributed by atoms with Crippen molar-refractivity contribution in [1.82, 2.24) is 0 Å². The Morgan fingerprint density at radius 1 is 0.733 bits per heavy atom. The molecular formula is C12H30N2O+2. The number of ether oxygens (including phenoxy) is 1. The minimum atomic E-state index is 0.285. The minimum Gasteiger partial charge on any atom is -0.306 e. The summed E-state index contributed by atoms with van der Waals surface area (Å²) in [5.41, 5.74) is 0. The van der Waals surface area contributed by atoms with Gasteiger partial charge in [0.2, 0.25) is 0 Å². The third-order valence-corrected chi connectivity index (χ3v) is 2.74. The number of hydrogen-bond donors (Lipinski definition) is 0. The molecule has 0 heterocycles. The smallest absolute Gasteiger partial charge is 0.198 e. The van der Waals surface area contributed by atoms with Crippen LogP contribution in [0.4, 0.5) is 0 Å². The molecular weight excluding hydrogens is 188 g/mol. The Morgan fingerprint density at radius 2 is 1.00 bits per heavy atom. The Hall–Kier alpha value is -0.120. The summed E-state index contributed by atoms with van der Waals surface area (Å²) in [5, 5.41) is 0. The van der Waals surface area contributed by atoms with Crippen LogP contribution in [0.1, 0.15) is 26.7 Å². The molecule has 0 aromatic rings. The molecule has 0 aliphatic carbocycles. The third kappa shape index (κ3) is 4.96. The van der Waals surface area contributed by atoms with Gasteiger partial charge in [0.05, 0.1) is 42.3 Å². The Morgan fingerprint density at radius 3 is 1.13 bits per heavy atom. The lowest BCUT2D eigenvalue weighted by molar-refractivity contribution is -0.962. The standard InChI is InChI=1S/C12H30N2O/c1-9-11(13(3,4)5)15-12(10-2)14(6,7)8/h11-12H,9-10H2,1-8H3/q+2. The molecule has 0 N–H and O–H groups in total. The fourth-order valence-corrected chi connectivity index (χ4v) is 1.83. The Kier molecular flexibility index (Phi) is 5.24. The van der Waals surface area contributed by atoms with E-state index >= 15 is 0 Å². The van der Waals surface area contributed by atoms with Crippen LogP contribution in [0.2, 0.25) is 0 Å². The van der Waals surface area contributed by atoms with Gasteiger partial charge in [-0.3, -0.25) is 4.74 Å². The zero-order valence-corrected chi connectivity index (χ0v) is 11.9. The van der Waals surface area contributed by atoms with Crippen molar-refractivity contribution < 1.29 is 13.7 Å². The van der Waals surface area contributed by atoms with Crippen LogP contribution in [0.15, 0.2) is 0 Å². The topological polar surface area (TPSA) is 9.23 Å². The maximum Gasteiger partial charge on any atom is 0.198 e. The SMILES string of the molecule is CCC(OC(CC)[N+](C)(C)C)[N+](C)(C)C. The molecule has 0 aromatic carbocycles. The van der Waals surface area contributed by atoms with Crippen molar-refractivity contribution in [1.29, 1.82) is 0 Å². The average Bonchev–Trinajstić information content (AvgIpc) is 2.01. The van der Waals surface area contributed by atoms with Gasteiger partial charge in [0.1, 0.15) is 0 Å². The molecule has 0 aromatic heterocycles. The van der Waals surface area contributed by atoms with E-state index < -0.39 is 0 Å². The molecule has 2 unspecified atom stereocenters. The van der Waals surface area contributed by atoms with Crippen LogP contribution in [-0.4, -0.2) is 63.7 Å². The van der Waals surface area contributed by atoms with E-state index in [1.807, 2.05) is 0 Å². The van der Waals surface area contributed by atoms with E-state index in [9.17, 15) is 0 Å². The van der Waals surface area contributed by atoms with E-state index in [4.69, 9.17) is 4.74 Å². The number of hydrogen-bond acceptors (Lipinski definition) is 1. The van der Waals surface area contributed by atoms with Crippen LogP contribution in [0.5, 0.6) is 0 Å². The van der Waals surface area contributed by atoms with Crippen LogP contribution < -0.4 is 0 Å². The monoisotopic (exact) mass is 218 g/mol. The Balaban J connectivity index is 4.52. The molecule has 15 heavy (non-hydrogen) atoms. The summed E-state index contributed by atoms with van der Waals surface area (Å²) in [5.74, 6) is 0. The highest BCUT2D eigenvalue weighted by molar-refractivity contribution is 4.45. The normalized spacial score (nSPS) is 17.6. The highest BCUT2D eigenvalue weighted by Gasteiger charge is 2.31. The van der Waals surface area contributed by atoms with Crippen molar-refractivity contribution in [2.24, 2.45) is 0 Å². The van der Waals surface area contributed by atoms with Crippen molar-refractivity contribution in [3.8, 4) is 0 Å². The second-order valence-corrected chi connectivity index (χ2v) is 6.09. The minimum absolute atomic E-state index is 0.285. The van der Waals surface area contributed by atoms with Crippen molar-refractivity contribution in [3.05, 3.63) is 0 Å². The summed E-state index contributed by atoms with van der Waals surface area (Å²) in [4.78, 5) is 0. The van der Waals surface area contributed by atoms with Gasteiger partial charge in [0.15, 0.2) is 12.5 Å². The van der Waals surface area contributed by atoms with E-state index in [-0.39, 0.29) is 12.5 Å². The molecule has 3 heteroatoms. The lowest BCUT2D eigenvalue weighted by Gasteiger charge is -2.39. The summed E-state index contributed by atoms with van der Waals surface area (Å²) in [7, 11) is 13.1. The summed E-state index contributed by atoms with van der Waals surface area (Å²) >= 11 is 0. The molecule has 0 rings (SSSR count). The Bertz CT molecular complexity index is 159. The molecule has 0 radical (unpaired) electrons. The van der Waals surface area contributed by atoms with Gasteiger partial charge in [-0.25, -0.2) is 0 Å². The first-order valence-corrected chi connectivity index (χ1v) is 5.90. The molecule has 0 amide bonds. The molecule has 0 aliphatic heterocycles. The van der Waals surface area contributed by atoms with Crippen LogP contribution in [0.25, 0.3) is 0 Å². The summed E-state index contributed by atoms with van der Waals surface area (Å²) in [6, 6.07) is 0. The summed E-state index contributed by atoms with van der Waals surface area (Å²) in [6.07, 6.45) is 2.68. The molecule has 0 bridgehead atoms. The predicted octanol–water partition coefficient (Wildman–Crippen LogP) is 1.89. The largest absolute Gasteiger partial charge is 0.306 e. The van der Waals surface area contributed by atoms with Gasteiger partial charge in [-0.1, -0.05) is 13.8 Å². The maximum absolute atomic E-state index is 6.22. The van der Waals surface area contributed by atoms with E-state index in [0.29, 0.717) is 0 Å². The van der Waals surface area contributed by atoms with Gasteiger partial charge in [0.25, 0.3) is 0 Å². The number of rotatable bonds is 6. The van der Waals surface area contributed by atoms with E-state index in [1.165, 1.54) is 0 Å². The van der Waals surface area contributed by atoms with Gasteiger partial charge in [0, 0.05) is 12.8 Å². The van der Waals surface area contributed by atoms with Gasteiger partial charge in [-0.15, -0.1) is 0 Å². The molecule has 0 saturated heterocycles. The molecule has 0 spiro atoms. The fraction of sp³-hybridized carbons (Fsp3) is 1.00. The lowest BCUT2D eigenvalue weighted by Crippen LogP contribution is -2.54. The van der Waals surface area contributed by atoms with Gasteiger partial charge >= 0.3 is 0 Å². The molecule has 3 nitrogen and oxygen atoms in total. The molecule has 2 atom stereocenters. The van der Waals surface area contributed by atoms with Crippen LogP contribution >= 0.6 is 0 Å². The second-order valence-electron chi connectivity index (χ2n) is 6.09. The molecule has 0 aliphatic rings. The van der Waals surface area contributed by atoms with Crippen LogP contribution in [-0.2, 0) is 4.74 Å². The lowest BCUT2D eigenvalue weighted by atomic mass is 10.3. The van der Waals surface area contributed by atoms with E-state index in [1.54, 1.807) is 0 Å². The maximum atomic E-state index is 6.22. The van der Waals surface area contributed by atoms with Gasteiger partial charge in [-0.05, 0) is 0 Å². The fourth-order valence-electron chi connectivity index (χ4n) is 1.83. The average molecular weight is 218 g/mol. The quantitative estimate of drug-likeness (QED) is 0.489. The van der Waals surface area contributed by atoms with Crippen LogP contribution in [0, 0.1) is 0 Å². The first-order chi connectivity index (χ1) is 6.62. The van der Waals surface area contributed by atoms with E-state index in [0.717, 1.165) is 21.8 Å². The predicted molar refractivity (Wildman–Crippen MR) is 65.3 cm³/mol. The first kappa shape index (κ1) is 14.9. The van der Waals surface area contributed by atoms with Crippen molar-refractivity contribution in [2.45, 2.75) is 39.1 Å². The van der Waals surface area contributed by atoms with Crippen molar-refractivity contribution in [2.75, 3.05) is 42.3 Å². The van der Waals surface area contributed by atoms with Crippen LogP contribution in [0.3, 0.4) is 0 Å². The summed E-state index contributed by atoms with van der Waals surface area (Å²) in [6.45, 7) is 4.38. The zero-order valence-electron chi connectivity index (χ0n) is 11.9. The highest BCUT2D eigenvalue weighted by atomic mass is 16.5. The number of nitrogens with zero attached hydrogens (tertiary/aromatic N) is 2. The molecule has 92 valence electrons.